The van der Waals surface area contributed by atoms with E-state index in [0.29, 0.717) is 5.75 Å². The maximum Gasteiger partial charge on any atom is 0.166 e. The lowest BCUT2D eigenvalue weighted by molar-refractivity contribution is -0.950. The van der Waals surface area contributed by atoms with Crippen molar-refractivity contribution in [2.75, 3.05) is 20.1 Å². The Balaban J connectivity index is 0.00000160. The van der Waals surface area contributed by atoms with Gasteiger partial charge in [-0.15, -0.1) is 0 Å². The number of likely N-dealkylation sites (tertiary alicyclic amines) is 1. The minimum atomic E-state index is -0.771. The molecule has 0 radical (unpaired) electrons. The molecule has 27 heavy (non-hydrogen) atoms. The number of ether oxygens (including phenoxy) is 1. The summed E-state index contributed by atoms with van der Waals surface area (Å²) in [6, 6.07) is 4.05. The third-order valence-corrected chi connectivity index (χ3v) is 8.43. The predicted molar refractivity (Wildman–Crippen MR) is 98.3 cm³/mol. The van der Waals surface area contributed by atoms with Crippen molar-refractivity contribution < 1.29 is 43.4 Å². The molecule has 1 aromatic carbocycles. The summed E-state index contributed by atoms with van der Waals surface area (Å²) in [6.45, 7) is 6.57. The highest BCUT2D eigenvalue weighted by Crippen LogP contribution is 2.67. The van der Waals surface area contributed by atoms with Crippen LogP contribution in [0.1, 0.15) is 43.2 Å². The van der Waals surface area contributed by atoms with Gasteiger partial charge in [0.15, 0.2) is 11.5 Å². The molecule has 5 aliphatic rings. The van der Waals surface area contributed by atoms with Crippen LogP contribution in [0.2, 0.25) is 0 Å². The lowest BCUT2D eigenvalue weighted by Gasteiger charge is -2.65. The number of quaternary nitrogens is 1. The van der Waals surface area contributed by atoms with E-state index in [0.717, 1.165) is 53.8 Å². The highest BCUT2D eigenvalue weighted by Gasteiger charge is 2.75. The van der Waals surface area contributed by atoms with Gasteiger partial charge in [0.1, 0.15) is 17.7 Å². The molecule has 1 unspecified atom stereocenters. The second-order valence-electron chi connectivity index (χ2n) is 9.80. The van der Waals surface area contributed by atoms with Crippen molar-refractivity contribution in [1.29, 1.82) is 0 Å². The minimum absolute atomic E-state index is 0. The van der Waals surface area contributed by atoms with Gasteiger partial charge in [0.2, 0.25) is 0 Å². The number of halogens is 1. The van der Waals surface area contributed by atoms with Crippen molar-refractivity contribution in [2.24, 2.45) is 5.92 Å². The molecule has 1 saturated heterocycles. The van der Waals surface area contributed by atoms with Crippen molar-refractivity contribution in [3.8, 4) is 11.5 Å². The fraction of sp³-hybridized carbons (Fsp3) is 0.636. The summed E-state index contributed by atoms with van der Waals surface area (Å²) < 4.78 is 7.32. The Morgan fingerprint density at radius 1 is 1.30 bits per heavy atom. The molecule has 2 aliphatic heterocycles. The Bertz CT molecular complexity index is 852. The number of aromatic hydroxyl groups is 1. The molecule has 4 nitrogen and oxygen atoms in total. The van der Waals surface area contributed by atoms with Crippen LogP contribution in [0.4, 0.5) is 0 Å². The van der Waals surface area contributed by atoms with Gasteiger partial charge in [-0.05, 0) is 42.9 Å². The van der Waals surface area contributed by atoms with Gasteiger partial charge in [-0.25, -0.2) is 0 Å². The number of piperidine rings is 1. The fourth-order valence-electron chi connectivity index (χ4n) is 7.07. The van der Waals surface area contributed by atoms with Crippen molar-refractivity contribution in [3.63, 3.8) is 0 Å². The molecular formula is C22H28INO3. The first-order valence-electron chi connectivity index (χ1n) is 10.2. The number of rotatable bonds is 2. The van der Waals surface area contributed by atoms with Gasteiger partial charge in [0.25, 0.3) is 0 Å². The molecule has 6 rings (SSSR count). The van der Waals surface area contributed by atoms with E-state index >= 15 is 0 Å². The summed E-state index contributed by atoms with van der Waals surface area (Å²) in [4.78, 5) is 0. The molecule has 1 aromatic rings. The SMILES string of the molecule is C=C1CC[C@@]2(O)[C@H]3Cc4ccc(O)c5c4[C@]2(CC[N+]3(C)CC2CC2)[C@H]1O5.[I-]. The Hall–Kier alpha value is -0.790. The smallest absolute Gasteiger partial charge is 0.166 e. The molecule has 2 heterocycles. The maximum atomic E-state index is 12.3. The lowest BCUT2D eigenvalue weighted by Crippen LogP contribution is -3.00. The zero-order valence-electron chi connectivity index (χ0n) is 15.9. The van der Waals surface area contributed by atoms with Crippen LogP contribution in [0.15, 0.2) is 24.3 Å². The monoisotopic (exact) mass is 481 g/mol. The Labute approximate surface area is 177 Å². The van der Waals surface area contributed by atoms with Gasteiger partial charge < -0.3 is 43.4 Å². The topological polar surface area (TPSA) is 49.7 Å². The van der Waals surface area contributed by atoms with E-state index in [1.165, 1.54) is 24.9 Å². The summed E-state index contributed by atoms with van der Waals surface area (Å²) in [6.07, 6.45) is 5.88. The number of nitrogens with zero attached hydrogens (tertiary/aromatic N) is 1. The van der Waals surface area contributed by atoms with Crippen LogP contribution in [0.5, 0.6) is 11.5 Å². The van der Waals surface area contributed by atoms with E-state index in [9.17, 15) is 10.2 Å². The molecular weight excluding hydrogens is 453 g/mol. The first-order chi connectivity index (χ1) is 12.4. The quantitative estimate of drug-likeness (QED) is 0.346. The van der Waals surface area contributed by atoms with Gasteiger partial charge in [-0.2, -0.15) is 0 Å². The Kier molecular flexibility index (Phi) is 3.66. The standard InChI is InChI=1S/C22H27NO3.HI/c1-13-7-8-22(25)17-11-15-5-6-16(24)19-18(15)21(22,20(13)26-19)9-10-23(17,2)12-14-3-4-14;/h5-6,14,17,20,25H,1,3-4,7-12H2,2H3;1H/t17-,20+,21-,22-,23?;/m1./s1. The van der Waals surface area contributed by atoms with Crippen molar-refractivity contribution in [2.45, 2.75) is 61.7 Å². The van der Waals surface area contributed by atoms with Crippen molar-refractivity contribution in [1.82, 2.24) is 0 Å². The number of hydrogen-bond donors (Lipinski definition) is 2. The molecule has 2 N–H and O–H groups in total. The predicted octanol–water partition coefficient (Wildman–Crippen LogP) is -0.339. The molecule has 146 valence electrons. The van der Waals surface area contributed by atoms with Crippen LogP contribution in [0, 0.1) is 5.92 Å². The maximum absolute atomic E-state index is 12.3. The van der Waals surface area contributed by atoms with Crippen LogP contribution in [-0.4, -0.2) is 52.6 Å². The van der Waals surface area contributed by atoms with Crippen molar-refractivity contribution in [3.05, 3.63) is 35.4 Å². The summed E-state index contributed by atoms with van der Waals surface area (Å²) in [5.74, 6) is 1.66. The molecule has 3 aliphatic carbocycles. The molecule has 2 saturated carbocycles. The number of benzene rings is 1. The van der Waals surface area contributed by atoms with Gasteiger partial charge in [-0.1, -0.05) is 12.6 Å². The summed E-state index contributed by atoms with van der Waals surface area (Å²) in [7, 11) is 2.37. The highest BCUT2D eigenvalue weighted by molar-refractivity contribution is 5.63. The number of phenols is 1. The van der Waals surface area contributed by atoms with Crippen LogP contribution in [0.25, 0.3) is 0 Å². The zero-order chi connectivity index (χ0) is 17.9. The molecule has 1 spiro atoms. The van der Waals surface area contributed by atoms with Crippen molar-refractivity contribution >= 4 is 0 Å². The van der Waals surface area contributed by atoms with Crippen LogP contribution in [0.3, 0.4) is 0 Å². The van der Waals surface area contributed by atoms with E-state index in [4.69, 9.17) is 4.74 Å². The molecule has 0 amide bonds. The fourth-order valence-corrected chi connectivity index (χ4v) is 7.07. The van der Waals surface area contributed by atoms with E-state index in [-0.39, 0.29) is 41.9 Å². The van der Waals surface area contributed by atoms with E-state index in [1.807, 2.05) is 0 Å². The van der Waals surface area contributed by atoms with Gasteiger partial charge in [-0.3, -0.25) is 0 Å². The van der Waals surface area contributed by atoms with E-state index in [2.05, 4.69) is 19.7 Å². The average Bonchev–Trinajstić information content (AvgIpc) is 3.32. The third-order valence-electron chi connectivity index (χ3n) is 8.43. The first-order valence-corrected chi connectivity index (χ1v) is 10.2. The molecule has 0 aromatic heterocycles. The average molecular weight is 481 g/mol. The molecule has 2 bridgehead atoms. The van der Waals surface area contributed by atoms with Crippen LogP contribution < -0.4 is 28.7 Å². The first kappa shape index (κ1) is 18.3. The third kappa shape index (κ3) is 2.01. The van der Waals surface area contributed by atoms with Gasteiger partial charge in [0, 0.05) is 24.3 Å². The van der Waals surface area contributed by atoms with Gasteiger partial charge in [0.05, 0.1) is 25.6 Å². The number of aliphatic hydroxyl groups is 1. The summed E-state index contributed by atoms with van der Waals surface area (Å²) >= 11 is 0. The highest BCUT2D eigenvalue weighted by atomic mass is 127. The minimum Gasteiger partial charge on any atom is -1.00 e. The number of likely N-dealkylation sites (N-methyl/N-ethyl adjacent to an activating group) is 1. The van der Waals surface area contributed by atoms with Crippen LogP contribution in [-0.2, 0) is 11.8 Å². The second kappa shape index (κ2) is 5.42. The molecule has 3 fully saturated rings. The van der Waals surface area contributed by atoms with Gasteiger partial charge >= 0.3 is 0 Å². The van der Waals surface area contributed by atoms with E-state index < -0.39 is 11.0 Å². The second-order valence-corrected chi connectivity index (χ2v) is 9.80. The molecule has 5 heteroatoms. The normalized spacial score (nSPS) is 43.6. The number of hydrogen-bond acceptors (Lipinski definition) is 3. The summed E-state index contributed by atoms with van der Waals surface area (Å²) in [5.41, 5.74) is 2.25. The lowest BCUT2D eigenvalue weighted by atomic mass is 9.48. The Morgan fingerprint density at radius 3 is 2.81 bits per heavy atom. The zero-order valence-corrected chi connectivity index (χ0v) is 18.0. The number of phenolic OH excluding ortho intramolecular Hbond substituents is 1. The Morgan fingerprint density at radius 2 is 2.07 bits per heavy atom. The summed E-state index contributed by atoms with van der Waals surface area (Å²) in [5, 5.41) is 22.7. The van der Waals surface area contributed by atoms with Crippen LogP contribution >= 0.6 is 0 Å². The van der Waals surface area contributed by atoms with E-state index in [1.54, 1.807) is 6.07 Å². The largest absolute Gasteiger partial charge is 1.00 e. The molecule has 5 atom stereocenters.